The minimum atomic E-state index is 0.226. The standard InChI is InChI=1S/C9H5NO/c11-8-4-3-7-2-1-5-10-9(7)6-8/h2-4,6,11H. The highest BCUT2D eigenvalue weighted by Crippen LogP contribution is 2.15. The van der Waals surface area contributed by atoms with Crippen molar-refractivity contribution in [3.05, 3.63) is 36.5 Å². The second kappa shape index (κ2) is 2.14. The molecule has 0 fully saturated rings. The Morgan fingerprint density at radius 2 is 2.27 bits per heavy atom. The van der Waals surface area contributed by atoms with E-state index in [-0.39, 0.29) is 5.75 Å². The van der Waals surface area contributed by atoms with Crippen molar-refractivity contribution in [2.45, 2.75) is 0 Å². The number of aromatic nitrogens is 1. The molecule has 2 heteroatoms. The highest BCUT2D eigenvalue weighted by atomic mass is 16.3. The normalized spacial score (nSPS) is 9.45. The average molecular weight is 143 g/mol. The first-order valence-electron chi connectivity index (χ1n) is 3.24. The van der Waals surface area contributed by atoms with E-state index in [0.29, 0.717) is 0 Å². The lowest BCUT2D eigenvalue weighted by Gasteiger charge is -1.92. The molecule has 0 bridgehead atoms. The summed E-state index contributed by atoms with van der Waals surface area (Å²) in [6.07, 6.45) is 2.58. The average Bonchev–Trinajstić information content (AvgIpc) is 2.04. The summed E-state index contributed by atoms with van der Waals surface area (Å²) < 4.78 is 0. The van der Waals surface area contributed by atoms with E-state index >= 15 is 0 Å². The van der Waals surface area contributed by atoms with Crippen molar-refractivity contribution in [2.24, 2.45) is 0 Å². The van der Waals surface area contributed by atoms with Crippen LogP contribution in [-0.2, 0) is 0 Å². The van der Waals surface area contributed by atoms with E-state index in [4.69, 9.17) is 5.11 Å². The molecule has 2 nitrogen and oxygen atoms in total. The molecule has 1 heterocycles. The number of benzene rings is 1. The number of hydrogen-bond donors (Lipinski definition) is 1. The molecule has 0 unspecified atom stereocenters. The van der Waals surface area contributed by atoms with Crippen molar-refractivity contribution in [1.29, 1.82) is 0 Å². The molecular formula is C9H5NO. The molecule has 0 saturated heterocycles. The molecule has 2 rings (SSSR count). The van der Waals surface area contributed by atoms with E-state index < -0.39 is 0 Å². The fourth-order valence-corrected chi connectivity index (χ4v) is 0.953. The Bertz CT molecular complexity index is 384. The molecule has 2 aromatic rings. The molecule has 0 spiro atoms. The van der Waals surface area contributed by atoms with Crippen molar-refractivity contribution in [2.75, 3.05) is 0 Å². The third-order valence-electron chi connectivity index (χ3n) is 1.48. The Labute approximate surface area is 64.1 Å². The molecule has 1 aromatic carbocycles. The molecular weight excluding hydrogens is 138 g/mol. The quantitative estimate of drug-likeness (QED) is 0.606. The number of rotatable bonds is 0. The molecule has 1 N–H and O–H groups in total. The van der Waals surface area contributed by atoms with Gasteiger partial charge in [-0.25, -0.2) is 0 Å². The molecule has 0 saturated carbocycles. The smallest absolute Gasteiger partial charge is 0.117 e. The van der Waals surface area contributed by atoms with E-state index in [2.05, 4.69) is 17.2 Å². The second-order valence-electron chi connectivity index (χ2n) is 2.26. The van der Waals surface area contributed by atoms with Crippen LogP contribution in [0.1, 0.15) is 0 Å². The molecule has 52 valence electrons. The maximum Gasteiger partial charge on any atom is 0.117 e. The van der Waals surface area contributed by atoms with Crippen LogP contribution in [0.3, 0.4) is 0 Å². The molecule has 11 heavy (non-hydrogen) atoms. The minimum absolute atomic E-state index is 0.226. The number of phenolic OH excluding ortho intramolecular Hbond substituents is 1. The van der Waals surface area contributed by atoms with Crippen LogP contribution in [0.2, 0.25) is 0 Å². The zero-order valence-electron chi connectivity index (χ0n) is 5.70. The molecule has 0 aliphatic heterocycles. The molecule has 0 radical (unpaired) electrons. The summed E-state index contributed by atoms with van der Waals surface area (Å²) >= 11 is 0. The summed E-state index contributed by atoms with van der Waals surface area (Å²) in [5.41, 5.74) is 0.740. The first-order valence-corrected chi connectivity index (χ1v) is 3.24. The summed E-state index contributed by atoms with van der Waals surface area (Å²) in [5, 5.41) is 10.0. The van der Waals surface area contributed by atoms with Crippen molar-refractivity contribution in [1.82, 2.24) is 4.98 Å². The Morgan fingerprint density at radius 1 is 1.36 bits per heavy atom. The zero-order valence-corrected chi connectivity index (χ0v) is 5.70. The maximum atomic E-state index is 9.07. The Morgan fingerprint density at radius 3 is 3.18 bits per heavy atom. The van der Waals surface area contributed by atoms with Crippen molar-refractivity contribution in [3.63, 3.8) is 0 Å². The summed E-state index contributed by atoms with van der Waals surface area (Å²) in [4.78, 5) is 3.90. The lowest BCUT2D eigenvalue weighted by atomic mass is 10.2. The van der Waals surface area contributed by atoms with Gasteiger partial charge in [0.2, 0.25) is 0 Å². The Hall–Kier alpha value is -1.75. The van der Waals surface area contributed by atoms with Gasteiger partial charge in [0.25, 0.3) is 0 Å². The minimum Gasteiger partial charge on any atom is -0.508 e. The SMILES string of the molecule is Oc1ccc2cc#cnc2c1. The lowest BCUT2D eigenvalue weighted by molar-refractivity contribution is 0.476. The Kier molecular flexibility index (Phi) is 1.16. The van der Waals surface area contributed by atoms with Crippen LogP contribution in [0.15, 0.2) is 24.3 Å². The predicted octanol–water partition coefficient (Wildman–Crippen LogP) is 1.54. The summed E-state index contributed by atoms with van der Waals surface area (Å²) in [6.45, 7) is 0. The zero-order chi connectivity index (χ0) is 7.68. The summed E-state index contributed by atoms with van der Waals surface area (Å²) in [5.74, 6) is 0.226. The van der Waals surface area contributed by atoms with Gasteiger partial charge in [0.1, 0.15) is 5.75 Å². The van der Waals surface area contributed by atoms with Gasteiger partial charge in [-0.3, -0.25) is 0 Å². The topological polar surface area (TPSA) is 33.1 Å². The van der Waals surface area contributed by atoms with Crippen LogP contribution in [0.25, 0.3) is 10.9 Å². The van der Waals surface area contributed by atoms with E-state index in [1.165, 1.54) is 0 Å². The van der Waals surface area contributed by atoms with Gasteiger partial charge in [-0.05, 0) is 24.3 Å². The number of fused-ring (bicyclic) bond motifs is 1. The summed E-state index contributed by atoms with van der Waals surface area (Å²) in [6, 6.07) is 9.53. The van der Waals surface area contributed by atoms with Crippen LogP contribution >= 0.6 is 0 Å². The number of aromatic hydroxyl groups is 1. The largest absolute Gasteiger partial charge is 0.508 e. The van der Waals surface area contributed by atoms with Crippen molar-refractivity contribution < 1.29 is 5.11 Å². The van der Waals surface area contributed by atoms with Gasteiger partial charge in [-0.15, -0.1) is 0 Å². The van der Waals surface area contributed by atoms with Gasteiger partial charge in [0.05, 0.1) is 5.52 Å². The van der Waals surface area contributed by atoms with Crippen molar-refractivity contribution >= 4 is 10.9 Å². The number of phenols is 1. The first kappa shape index (κ1) is 5.99. The molecule has 0 aliphatic carbocycles. The summed E-state index contributed by atoms with van der Waals surface area (Å²) in [7, 11) is 0. The second-order valence-corrected chi connectivity index (χ2v) is 2.26. The van der Waals surface area contributed by atoms with E-state index in [1.54, 1.807) is 24.3 Å². The van der Waals surface area contributed by atoms with Gasteiger partial charge < -0.3 is 5.11 Å². The molecule has 1 aromatic heterocycles. The van der Waals surface area contributed by atoms with E-state index in [9.17, 15) is 0 Å². The third kappa shape index (κ3) is 0.968. The van der Waals surface area contributed by atoms with Gasteiger partial charge >= 0.3 is 0 Å². The molecule has 0 atom stereocenters. The maximum absolute atomic E-state index is 9.07. The third-order valence-corrected chi connectivity index (χ3v) is 1.48. The lowest BCUT2D eigenvalue weighted by Crippen LogP contribution is -1.73. The van der Waals surface area contributed by atoms with Gasteiger partial charge in [0.15, 0.2) is 0 Å². The first-order chi connectivity index (χ1) is 5.36. The van der Waals surface area contributed by atoms with Gasteiger partial charge in [-0.1, -0.05) is 0 Å². The van der Waals surface area contributed by atoms with Gasteiger partial charge in [0, 0.05) is 17.6 Å². The monoisotopic (exact) mass is 143 g/mol. The van der Waals surface area contributed by atoms with E-state index in [1.807, 2.05) is 0 Å². The Balaban J connectivity index is 2.83. The van der Waals surface area contributed by atoms with Crippen LogP contribution in [-0.4, -0.2) is 10.1 Å². The highest BCUT2D eigenvalue weighted by molar-refractivity contribution is 5.78. The van der Waals surface area contributed by atoms with Crippen LogP contribution in [0, 0.1) is 12.3 Å². The predicted molar refractivity (Wildman–Crippen MR) is 41.1 cm³/mol. The number of hydrogen-bond acceptors (Lipinski definition) is 2. The van der Waals surface area contributed by atoms with Crippen LogP contribution in [0.4, 0.5) is 0 Å². The van der Waals surface area contributed by atoms with Crippen LogP contribution < -0.4 is 0 Å². The fourth-order valence-electron chi connectivity index (χ4n) is 0.953. The highest BCUT2D eigenvalue weighted by Gasteiger charge is 1.92. The fraction of sp³-hybridized carbons (Fsp3) is 0. The van der Waals surface area contributed by atoms with Gasteiger partial charge in [-0.2, -0.15) is 4.98 Å². The number of nitrogens with zero attached hydrogens (tertiary/aromatic N) is 1. The molecule has 0 amide bonds. The van der Waals surface area contributed by atoms with E-state index in [0.717, 1.165) is 10.9 Å². The van der Waals surface area contributed by atoms with Crippen molar-refractivity contribution in [3.8, 4) is 5.75 Å². The molecule has 0 aliphatic rings. The van der Waals surface area contributed by atoms with Crippen LogP contribution in [0.5, 0.6) is 5.75 Å².